The van der Waals surface area contributed by atoms with Crippen LogP contribution in [0.2, 0.25) is 10.0 Å². The molecule has 0 saturated heterocycles. The number of ether oxygens (including phenoxy) is 1. The van der Waals surface area contributed by atoms with Crippen LogP contribution >= 0.6 is 23.2 Å². The lowest BCUT2D eigenvalue weighted by Crippen LogP contribution is -2.37. The number of rotatable bonds is 8. The summed E-state index contributed by atoms with van der Waals surface area (Å²) in [6.45, 7) is -0.562. The topological polar surface area (TPSA) is 45.7 Å². The molecule has 0 atom stereocenters. The van der Waals surface area contributed by atoms with Crippen LogP contribution in [0, 0.1) is 0 Å². The van der Waals surface area contributed by atoms with Crippen LogP contribution < -0.4 is 15.4 Å². The van der Waals surface area contributed by atoms with E-state index in [-0.39, 0.29) is 22.3 Å². The highest BCUT2D eigenvalue weighted by molar-refractivity contribution is 6.35. The van der Waals surface area contributed by atoms with Gasteiger partial charge in [-0.25, -0.2) is 4.99 Å². The van der Waals surface area contributed by atoms with Crippen molar-refractivity contribution in [1.82, 2.24) is 10.6 Å². The first-order valence-corrected chi connectivity index (χ1v) is 7.74. The van der Waals surface area contributed by atoms with Gasteiger partial charge in [0.2, 0.25) is 0 Å². The Morgan fingerprint density at radius 1 is 1.30 bits per heavy atom. The number of guanidine groups is 1. The van der Waals surface area contributed by atoms with Crippen LogP contribution in [0.3, 0.4) is 0 Å². The summed E-state index contributed by atoms with van der Waals surface area (Å²) in [5, 5.41) is 6.16. The van der Waals surface area contributed by atoms with Crippen LogP contribution in [0.4, 0.5) is 13.2 Å². The van der Waals surface area contributed by atoms with E-state index < -0.39 is 13.3 Å². The lowest BCUT2D eigenvalue weighted by atomic mass is 10.2. The molecule has 0 unspecified atom stereocenters. The van der Waals surface area contributed by atoms with Gasteiger partial charge < -0.3 is 15.4 Å². The number of aliphatic imine (C=N–C) groups is 1. The van der Waals surface area contributed by atoms with Crippen molar-refractivity contribution in [1.29, 1.82) is 0 Å². The SMILES string of the molecule is CCNC(=NCc1cc(Cl)cc(Cl)c1OC(F)F)NCCCF. The van der Waals surface area contributed by atoms with E-state index in [9.17, 15) is 13.2 Å². The smallest absolute Gasteiger partial charge is 0.387 e. The normalized spacial score (nSPS) is 11.7. The Morgan fingerprint density at radius 3 is 2.65 bits per heavy atom. The molecule has 0 radical (unpaired) electrons. The average Bonchev–Trinajstić information content (AvgIpc) is 2.47. The third-order valence-electron chi connectivity index (χ3n) is 2.65. The van der Waals surface area contributed by atoms with E-state index >= 15 is 0 Å². The Morgan fingerprint density at radius 2 is 2.04 bits per heavy atom. The van der Waals surface area contributed by atoms with Crippen LogP contribution in [0.1, 0.15) is 18.9 Å². The van der Waals surface area contributed by atoms with Gasteiger partial charge in [-0.2, -0.15) is 8.78 Å². The molecule has 1 rings (SSSR count). The molecule has 0 aliphatic carbocycles. The van der Waals surface area contributed by atoms with E-state index in [1.165, 1.54) is 12.1 Å². The lowest BCUT2D eigenvalue weighted by molar-refractivity contribution is -0.0503. The molecular formula is C14H18Cl2F3N3O. The largest absolute Gasteiger partial charge is 0.433 e. The summed E-state index contributed by atoms with van der Waals surface area (Å²) in [5.41, 5.74) is 0.325. The van der Waals surface area contributed by atoms with Gasteiger partial charge in [-0.1, -0.05) is 23.2 Å². The molecule has 4 nitrogen and oxygen atoms in total. The standard InChI is InChI=1S/C14H18Cl2F3N3O/c1-2-20-14(21-5-3-4-17)22-8-9-6-10(15)7-11(16)12(9)23-13(18)19/h6-7,13H,2-5,8H2,1H3,(H2,20,21,22). The van der Waals surface area contributed by atoms with E-state index in [4.69, 9.17) is 23.2 Å². The maximum absolute atomic E-state index is 12.5. The first-order chi connectivity index (χ1) is 11.0. The molecule has 0 spiro atoms. The number of nitrogens with one attached hydrogen (secondary N) is 2. The van der Waals surface area contributed by atoms with E-state index in [1.807, 2.05) is 6.92 Å². The molecular weight excluding hydrogens is 354 g/mol. The highest BCUT2D eigenvalue weighted by atomic mass is 35.5. The van der Waals surface area contributed by atoms with Gasteiger partial charge in [-0.05, 0) is 25.5 Å². The summed E-state index contributed by atoms with van der Waals surface area (Å²) in [7, 11) is 0. The summed E-state index contributed by atoms with van der Waals surface area (Å²) in [4.78, 5) is 4.24. The van der Waals surface area contributed by atoms with Gasteiger partial charge in [0.1, 0.15) is 5.75 Å². The van der Waals surface area contributed by atoms with Crippen LogP contribution in [-0.2, 0) is 6.54 Å². The van der Waals surface area contributed by atoms with E-state index in [2.05, 4.69) is 20.4 Å². The highest BCUT2D eigenvalue weighted by Gasteiger charge is 2.15. The minimum Gasteiger partial charge on any atom is -0.433 e. The van der Waals surface area contributed by atoms with Crippen molar-refractivity contribution in [3.63, 3.8) is 0 Å². The maximum atomic E-state index is 12.5. The molecule has 2 N–H and O–H groups in total. The summed E-state index contributed by atoms with van der Waals surface area (Å²) < 4.78 is 41.6. The van der Waals surface area contributed by atoms with Gasteiger partial charge in [0.15, 0.2) is 5.96 Å². The predicted molar refractivity (Wildman–Crippen MR) is 86.5 cm³/mol. The summed E-state index contributed by atoms with van der Waals surface area (Å²) >= 11 is 11.8. The molecule has 1 aromatic carbocycles. The number of hydrogen-bond donors (Lipinski definition) is 2. The predicted octanol–water partition coefficient (Wildman–Crippen LogP) is 4.01. The molecule has 130 valence electrons. The first-order valence-electron chi connectivity index (χ1n) is 6.98. The first kappa shape index (κ1) is 19.7. The van der Waals surface area contributed by atoms with Gasteiger partial charge in [-0.3, -0.25) is 4.39 Å². The second-order valence-electron chi connectivity index (χ2n) is 4.42. The van der Waals surface area contributed by atoms with Crippen LogP contribution in [0.25, 0.3) is 0 Å². The Bertz CT molecular complexity index is 530. The molecule has 0 aliphatic rings. The molecule has 0 bridgehead atoms. The fourth-order valence-electron chi connectivity index (χ4n) is 1.73. The molecule has 0 amide bonds. The van der Waals surface area contributed by atoms with E-state index in [0.29, 0.717) is 31.0 Å². The quantitative estimate of drug-likeness (QED) is 0.412. The van der Waals surface area contributed by atoms with Crippen molar-refractivity contribution in [2.75, 3.05) is 19.8 Å². The van der Waals surface area contributed by atoms with E-state index in [0.717, 1.165) is 0 Å². The Balaban J connectivity index is 2.93. The van der Waals surface area contributed by atoms with Crippen LogP contribution in [0.15, 0.2) is 17.1 Å². The zero-order valence-corrected chi connectivity index (χ0v) is 14.0. The van der Waals surface area contributed by atoms with Gasteiger partial charge in [0.05, 0.1) is 18.2 Å². The molecule has 0 aliphatic heterocycles. The highest BCUT2D eigenvalue weighted by Crippen LogP contribution is 2.34. The molecule has 0 heterocycles. The Kier molecular flexibility index (Phi) is 8.94. The molecule has 0 saturated carbocycles. The van der Waals surface area contributed by atoms with Gasteiger partial charge in [0.25, 0.3) is 0 Å². The van der Waals surface area contributed by atoms with Crippen molar-refractivity contribution in [2.24, 2.45) is 4.99 Å². The fraction of sp³-hybridized carbons (Fsp3) is 0.500. The van der Waals surface area contributed by atoms with Gasteiger partial charge >= 0.3 is 6.61 Å². The van der Waals surface area contributed by atoms with Crippen molar-refractivity contribution >= 4 is 29.2 Å². The third-order valence-corrected chi connectivity index (χ3v) is 3.15. The monoisotopic (exact) mass is 371 g/mol. The lowest BCUT2D eigenvalue weighted by Gasteiger charge is -2.14. The molecule has 1 aromatic rings. The molecule has 9 heteroatoms. The van der Waals surface area contributed by atoms with Crippen LogP contribution in [-0.4, -0.2) is 32.3 Å². The van der Waals surface area contributed by atoms with E-state index in [1.54, 1.807) is 0 Å². The fourth-order valence-corrected chi connectivity index (χ4v) is 2.31. The van der Waals surface area contributed by atoms with Crippen molar-refractivity contribution < 1.29 is 17.9 Å². The molecule has 0 fully saturated rings. The molecule has 23 heavy (non-hydrogen) atoms. The zero-order chi connectivity index (χ0) is 17.2. The van der Waals surface area contributed by atoms with Crippen molar-refractivity contribution in [2.45, 2.75) is 26.5 Å². The third kappa shape index (κ3) is 7.18. The number of benzene rings is 1. The minimum atomic E-state index is -3.01. The summed E-state index contributed by atoms with van der Waals surface area (Å²) in [6, 6.07) is 2.78. The number of halogens is 5. The second kappa shape index (κ2) is 10.4. The summed E-state index contributed by atoms with van der Waals surface area (Å²) in [5.74, 6) is 0.273. The molecule has 0 aromatic heterocycles. The van der Waals surface area contributed by atoms with Crippen molar-refractivity contribution in [3.8, 4) is 5.75 Å². The van der Waals surface area contributed by atoms with Crippen LogP contribution in [0.5, 0.6) is 5.75 Å². The maximum Gasteiger partial charge on any atom is 0.387 e. The van der Waals surface area contributed by atoms with Gasteiger partial charge in [0, 0.05) is 23.7 Å². The Labute approximate surface area is 143 Å². The number of alkyl halides is 3. The summed E-state index contributed by atoms with van der Waals surface area (Å²) in [6.07, 6.45) is 0.340. The Hall–Kier alpha value is -1.34. The zero-order valence-electron chi connectivity index (χ0n) is 12.5. The van der Waals surface area contributed by atoms with Crippen molar-refractivity contribution in [3.05, 3.63) is 27.7 Å². The van der Waals surface area contributed by atoms with Gasteiger partial charge in [-0.15, -0.1) is 0 Å². The average molecular weight is 372 g/mol. The second-order valence-corrected chi connectivity index (χ2v) is 5.26. The minimum absolute atomic E-state index is 0.0154. The number of nitrogens with zero attached hydrogens (tertiary/aromatic N) is 1. The number of hydrogen-bond acceptors (Lipinski definition) is 2.